The minimum Gasteiger partial charge on any atom is -0.504 e. The second-order valence-corrected chi connectivity index (χ2v) is 4.14. The van der Waals surface area contributed by atoms with E-state index in [0.717, 1.165) is 12.1 Å². The van der Waals surface area contributed by atoms with Crippen molar-refractivity contribution in [3.63, 3.8) is 0 Å². The number of rotatable bonds is 3. The molecule has 18 heavy (non-hydrogen) atoms. The maximum atomic E-state index is 11.8. The molecule has 0 saturated carbocycles. The zero-order valence-electron chi connectivity index (χ0n) is 9.42. The Kier molecular flexibility index (Phi) is 3.10. The number of ether oxygens (including phenoxy) is 1. The van der Waals surface area contributed by atoms with E-state index in [4.69, 9.17) is 9.84 Å². The minimum absolute atomic E-state index is 0.00457. The number of carbonyl (C=O) groups excluding carboxylic acids is 2. The summed E-state index contributed by atoms with van der Waals surface area (Å²) in [7, 11) is 0. The van der Waals surface area contributed by atoms with Gasteiger partial charge in [-0.25, -0.2) is 0 Å². The molecule has 1 aromatic rings. The average Bonchev–Trinajstić information content (AvgIpc) is 2.71. The van der Waals surface area contributed by atoms with Gasteiger partial charge in [0.05, 0.1) is 0 Å². The fourth-order valence-corrected chi connectivity index (χ4v) is 1.82. The van der Waals surface area contributed by atoms with Gasteiger partial charge in [0.25, 0.3) is 0 Å². The highest BCUT2D eigenvalue weighted by atomic mass is 16.5. The van der Waals surface area contributed by atoms with Gasteiger partial charge in [0.1, 0.15) is 6.10 Å². The molecule has 0 aromatic heterocycles. The molecule has 96 valence electrons. The first-order valence-corrected chi connectivity index (χ1v) is 5.45. The Labute approximate surface area is 102 Å². The van der Waals surface area contributed by atoms with Crippen LogP contribution in [0.3, 0.4) is 0 Å². The molecule has 3 N–H and O–H groups in total. The summed E-state index contributed by atoms with van der Waals surface area (Å²) in [5.74, 6) is -2.51. The predicted octanol–water partition coefficient (Wildman–Crippen LogP) is 1.08. The van der Waals surface area contributed by atoms with Crippen molar-refractivity contribution in [3.8, 4) is 17.2 Å². The van der Waals surface area contributed by atoms with Crippen LogP contribution in [-0.4, -0.2) is 33.2 Å². The van der Waals surface area contributed by atoms with E-state index in [1.807, 2.05) is 0 Å². The number of cyclic esters (lactones) is 1. The second kappa shape index (κ2) is 4.56. The molecule has 1 heterocycles. The zero-order chi connectivity index (χ0) is 13.3. The molecular formula is C12H12O6. The Hall–Kier alpha value is -2.24. The van der Waals surface area contributed by atoms with E-state index in [-0.39, 0.29) is 23.7 Å². The number of aromatic hydroxyl groups is 3. The van der Waals surface area contributed by atoms with Gasteiger partial charge in [0.15, 0.2) is 23.0 Å². The van der Waals surface area contributed by atoms with E-state index >= 15 is 0 Å². The van der Waals surface area contributed by atoms with E-state index in [1.165, 1.54) is 0 Å². The molecule has 1 fully saturated rings. The first kappa shape index (κ1) is 12.2. The molecular weight excluding hydrogens is 240 g/mol. The fourth-order valence-electron chi connectivity index (χ4n) is 1.82. The van der Waals surface area contributed by atoms with E-state index < -0.39 is 23.4 Å². The lowest BCUT2D eigenvalue weighted by atomic mass is 10.0. The SMILES string of the molecule is O=C1CCC(CC(=O)c2cc(O)c(O)c(O)c2)O1. The Bertz CT molecular complexity index is 484. The summed E-state index contributed by atoms with van der Waals surface area (Å²) in [4.78, 5) is 22.7. The van der Waals surface area contributed by atoms with Crippen LogP contribution in [0.4, 0.5) is 0 Å². The summed E-state index contributed by atoms with van der Waals surface area (Å²) in [6.07, 6.45) is 0.322. The lowest BCUT2D eigenvalue weighted by Crippen LogP contribution is -2.13. The van der Waals surface area contributed by atoms with Gasteiger partial charge in [-0.2, -0.15) is 0 Å². The second-order valence-electron chi connectivity index (χ2n) is 4.14. The quantitative estimate of drug-likeness (QED) is 0.422. The van der Waals surface area contributed by atoms with Crippen LogP contribution in [0.15, 0.2) is 12.1 Å². The predicted molar refractivity (Wildman–Crippen MR) is 59.5 cm³/mol. The third kappa shape index (κ3) is 2.37. The molecule has 1 aromatic carbocycles. The summed E-state index contributed by atoms with van der Waals surface area (Å²) in [6, 6.07) is 2.13. The summed E-state index contributed by atoms with van der Waals surface area (Å²) in [5.41, 5.74) is 0.0609. The smallest absolute Gasteiger partial charge is 0.306 e. The fraction of sp³-hybridized carbons (Fsp3) is 0.333. The van der Waals surface area contributed by atoms with Crippen molar-refractivity contribution in [2.75, 3.05) is 0 Å². The molecule has 1 aliphatic heterocycles. The van der Waals surface area contributed by atoms with Gasteiger partial charge in [0.2, 0.25) is 0 Å². The Balaban J connectivity index is 2.12. The van der Waals surface area contributed by atoms with Gasteiger partial charge < -0.3 is 20.1 Å². The number of carbonyl (C=O) groups is 2. The Morgan fingerprint density at radius 1 is 1.28 bits per heavy atom. The number of hydrogen-bond donors (Lipinski definition) is 3. The molecule has 2 rings (SSSR count). The molecule has 0 spiro atoms. The molecule has 0 aliphatic carbocycles. The van der Waals surface area contributed by atoms with Gasteiger partial charge in [-0.15, -0.1) is 0 Å². The van der Waals surface area contributed by atoms with Crippen molar-refractivity contribution in [1.82, 2.24) is 0 Å². The topological polar surface area (TPSA) is 104 Å². The lowest BCUT2D eigenvalue weighted by molar-refractivity contribution is -0.141. The standard InChI is InChI=1S/C12H12O6/c13-8(5-7-1-2-11(16)18-7)6-3-9(14)12(17)10(15)4-6/h3-4,7,14-15,17H,1-2,5H2. The van der Waals surface area contributed by atoms with Crippen LogP contribution in [0.1, 0.15) is 29.6 Å². The van der Waals surface area contributed by atoms with Gasteiger partial charge in [-0.05, 0) is 18.6 Å². The number of Topliss-reactive ketones (excluding diaryl/α,β-unsaturated/α-hetero) is 1. The van der Waals surface area contributed by atoms with Gasteiger partial charge in [0, 0.05) is 18.4 Å². The van der Waals surface area contributed by atoms with Crippen LogP contribution in [-0.2, 0) is 9.53 Å². The number of benzene rings is 1. The van der Waals surface area contributed by atoms with E-state index in [9.17, 15) is 19.8 Å². The number of esters is 1. The van der Waals surface area contributed by atoms with Crippen LogP contribution in [0.25, 0.3) is 0 Å². The first-order chi connectivity index (χ1) is 8.47. The van der Waals surface area contributed by atoms with Crippen LogP contribution in [0.5, 0.6) is 17.2 Å². The van der Waals surface area contributed by atoms with Crippen LogP contribution < -0.4 is 0 Å². The molecule has 0 bridgehead atoms. The number of ketones is 1. The normalized spacial score (nSPS) is 18.7. The first-order valence-electron chi connectivity index (χ1n) is 5.45. The maximum Gasteiger partial charge on any atom is 0.306 e. The third-order valence-corrected chi connectivity index (χ3v) is 2.77. The molecule has 6 heteroatoms. The Morgan fingerprint density at radius 3 is 2.39 bits per heavy atom. The lowest BCUT2D eigenvalue weighted by Gasteiger charge is -2.09. The van der Waals surface area contributed by atoms with Crippen molar-refractivity contribution in [1.29, 1.82) is 0 Å². The molecule has 1 atom stereocenters. The molecule has 1 saturated heterocycles. The molecule has 1 unspecified atom stereocenters. The number of phenolic OH excluding ortho intramolecular Hbond substituents is 3. The molecule has 6 nitrogen and oxygen atoms in total. The highest BCUT2D eigenvalue weighted by Gasteiger charge is 2.26. The number of phenols is 3. The van der Waals surface area contributed by atoms with E-state index in [1.54, 1.807) is 0 Å². The van der Waals surface area contributed by atoms with Crippen molar-refractivity contribution < 1.29 is 29.6 Å². The van der Waals surface area contributed by atoms with Gasteiger partial charge in [-0.3, -0.25) is 9.59 Å². The third-order valence-electron chi connectivity index (χ3n) is 2.77. The largest absolute Gasteiger partial charge is 0.504 e. The summed E-state index contributed by atoms with van der Waals surface area (Å²) in [6.45, 7) is 0. The summed E-state index contributed by atoms with van der Waals surface area (Å²) < 4.78 is 4.90. The van der Waals surface area contributed by atoms with E-state index in [2.05, 4.69) is 0 Å². The summed E-state index contributed by atoms with van der Waals surface area (Å²) >= 11 is 0. The molecule has 0 radical (unpaired) electrons. The van der Waals surface area contributed by atoms with Crippen molar-refractivity contribution in [2.45, 2.75) is 25.4 Å². The molecule has 1 aliphatic rings. The van der Waals surface area contributed by atoms with Gasteiger partial charge in [-0.1, -0.05) is 0 Å². The van der Waals surface area contributed by atoms with E-state index in [0.29, 0.717) is 12.8 Å². The minimum atomic E-state index is -0.668. The van der Waals surface area contributed by atoms with Crippen LogP contribution in [0, 0.1) is 0 Å². The zero-order valence-corrected chi connectivity index (χ0v) is 9.42. The number of hydrogen-bond acceptors (Lipinski definition) is 6. The Morgan fingerprint density at radius 2 is 1.89 bits per heavy atom. The monoisotopic (exact) mass is 252 g/mol. The molecule has 0 amide bonds. The van der Waals surface area contributed by atoms with Crippen molar-refractivity contribution in [2.24, 2.45) is 0 Å². The average molecular weight is 252 g/mol. The van der Waals surface area contributed by atoms with Crippen molar-refractivity contribution >= 4 is 11.8 Å². The van der Waals surface area contributed by atoms with Crippen LogP contribution >= 0.6 is 0 Å². The highest BCUT2D eigenvalue weighted by Crippen LogP contribution is 2.36. The van der Waals surface area contributed by atoms with Crippen molar-refractivity contribution in [3.05, 3.63) is 17.7 Å². The van der Waals surface area contributed by atoms with Crippen LogP contribution in [0.2, 0.25) is 0 Å². The van der Waals surface area contributed by atoms with Gasteiger partial charge >= 0.3 is 5.97 Å². The summed E-state index contributed by atoms with van der Waals surface area (Å²) in [5, 5.41) is 27.7. The highest BCUT2D eigenvalue weighted by molar-refractivity contribution is 5.97. The maximum absolute atomic E-state index is 11.8.